The van der Waals surface area contributed by atoms with Crippen molar-refractivity contribution in [1.82, 2.24) is 14.7 Å². The zero-order valence-corrected chi connectivity index (χ0v) is 20.3. The predicted octanol–water partition coefficient (Wildman–Crippen LogP) is 5.72. The van der Waals surface area contributed by atoms with Crippen molar-refractivity contribution in [2.75, 3.05) is 31.1 Å². The van der Waals surface area contributed by atoms with E-state index in [-0.39, 0.29) is 12.1 Å². The lowest BCUT2D eigenvalue weighted by Gasteiger charge is -2.39. The molecule has 0 atom stereocenters. The molecule has 6 nitrogen and oxygen atoms in total. The Hall–Kier alpha value is -3.32. The van der Waals surface area contributed by atoms with Gasteiger partial charge in [0.05, 0.1) is 11.4 Å². The summed E-state index contributed by atoms with van der Waals surface area (Å²) in [5.41, 5.74) is 2.88. The Morgan fingerprint density at radius 3 is 1.85 bits per heavy atom. The van der Waals surface area contributed by atoms with E-state index in [0.29, 0.717) is 38.8 Å². The van der Waals surface area contributed by atoms with Gasteiger partial charge in [0.2, 0.25) is 0 Å². The Morgan fingerprint density at radius 1 is 0.853 bits per heavy atom. The molecule has 5 rings (SSSR count). The SMILES string of the molecule is Cc1cc(CN(C(=O)N2CCN(C(=O)N(c3ccccc3)c3ccccc3)CC2)C2CC2)cs1. The number of aryl methyl sites for hydroxylation is 1. The van der Waals surface area contributed by atoms with Crippen molar-refractivity contribution in [2.45, 2.75) is 32.4 Å². The van der Waals surface area contributed by atoms with Crippen molar-refractivity contribution in [3.8, 4) is 0 Å². The van der Waals surface area contributed by atoms with E-state index < -0.39 is 0 Å². The second-order valence-corrected chi connectivity index (χ2v) is 10.1. The maximum absolute atomic E-state index is 13.6. The number of nitrogens with zero attached hydrogens (tertiary/aromatic N) is 4. The highest BCUT2D eigenvalue weighted by molar-refractivity contribution is 7.10. The summed E-state index contributed by atoms with van der Waals surface area (Å²) >= 11 is 1.73. The first kappa shape index (κ1) is 22.5. The van der Waals surface area contributed by atoms with Crippen LogP contribution in [0.1, 0.15) is 23.3 Å². The van der Waals surface area contributed by atoms with Crippen molar-refractivity contribution in [2.24, 2.45) is 0 Å². The molecule has 7 heteroatoms. The summed E-state index contributed by atoms with van der Waals surface area (Å²) in [6, 6.07) is 22.0. The first-order valence-electron chi connectivity index (χ1n) is 11.9. The zero-order chi connectivity index (χ0) is 23.5. The minimum Gasteiger partial charge on any atom is -0.321 e. The fraction of sp³-hybridized carbons (Fsp3) is 0.333. The van der Waals surface area contributed by atoms with E-state index in [1.165, 1.54) is 10.4 Å². The van der Waals surface area contributed by atoms with Gasteiger partial charge in [0.15, 0.2) is 0 Å². The molecular formula is C27H30N4O2S. The van der Waals surface area contributed by atoms with E-state index in [1.54, 1.807) is 16.2 Å². The van der Waals surface area contributed by atoms with Gasteiger partial charge in [-0.3, -0.25) is 4.90 Å². The predicted molar refractivity (Wildman–Crippen MR) is 137 cm³/mol. The molecule has 34 heavy (non-hydrogen) atoms. The van der Waals surface area contributed by atoms with Gasteiger partial charge in [0.1, 0.15) is 0 Å². The second kappa shape index (κ2) is 9.89. The van der Waals surface area contributed by atoms with E-state index in [0.717, 1.165) is 24.2 Å². The molecule has 1 saturated carbocycles. The molecule has 1 saturated heterocycles. The van der Waals surface area contributed by atoms with Gasteiger partial charge in [-0.1, -0.05) is 36.4 Å². The topological polar surface area (TPSA) is 47.1 Å². The van der Waals surface area contributed by atoms with Crippen molar-refractivity contribution in [1.29, 1.82) is 0 Å². The highest BCUT2D eigenvalue weighted by atomic mass is 32.1. The number of hydrogen-bond donors (Lipinski definition) is 0. The molecule has 1 aliphatic carbocycles. The van der Waals surface area contributed by atoms with Crippen molar-refractivity contribution in [3.63, 3.8) is 0 Å². The summed E-state index contributed by atoms with van der Waals surface area (Å²) in [6.45, 7) is 4.92. The summed E-state index contributed by atoms with van der Waals surface area (Å²) in [5, 5.41) is 2.15. The van der Waals surface area contributed by atoms with Crippen molar-refractivity contribution >= 4 is 34.8 Å². The molecule has 1 aliphatic heterocycles. The third-order valence-corrected chi connectivity index (χ3v) is 7.32. The summed E-state index contributed by atoms with van der Waals surface area (Å²) in [6.07, 6.45) is 2.16. The smallest absolute Gasteiger partial charge is 0.321 e. The van der Waals surface area contributed by atoms with Crippen LogP contribution in [-0.2, 0) is 6.54 Å². The summed E-state index contributed by atoms with van der Waals surface area (Å²) in [7, 11) is 0. The zero-order valence-electron chi connectivity index (χ0n) is 19.5. The van der Waals surface area contributed by atoms with Gasteiger partial charge in [-0.05, 0) is 61.0 Å². The fourth-order valence-corrected chi connectivity index (χ4v) is 5.15. The molecule has 3 aromatic rings. The molecule has 2 heterocycles. The monoisotopic (exact) mass is 474 g/mol. The summed E-state index contributed by atoms with van der Waals surface area (Å²) in [4.78, 5) is 35.8. The Labute approximate surface area is 205 Å². The Bertz CT molecular complexity index is 1080. The second-order valence-electron chi connectivity index (χ2n) is 8.97. The summed E-state index contributed by atoms with van der Waals surface area (Å²) in [5.74, 6) is 0. The van der Waals surface area contributed by atoms with E-state index in [4.69, 9.17) is 0 Å². The third kappa shape index (κ3) is 4.94. The molecule has 2 fully saturated rings. The van der Waals surface area contributed by atoms with Crippen LogP contribution in [-0.4, -0.2) is 59.0 Å². The number of para-hydroxylation sites is 2. The largest absolute Gasteiger partial charge is 0.329 e. The van der Waals surface area contributed by atoms with Gasteiger partial charge < -0.3 is 14.7 Å². The van der Waals surface area contributed by atoms with Crippen LogP contribution in [0.4, 0.5) is 21.0 Å². The average molecular weight is 475 g/mol. The number of hydrogen-bond acceptors (Lipinski definition) is 3. The lowest BCUT2D eigenvalue weighted by atomic mass is 10.2. The first-order chi connectivity index (χ1) is 16.6. The van der Waals surface area contributed by atoms with Gasteiger partial charge in [-0.2, -0.15) is 0 Å². The lowest BCUT2D eigenvalue weighted by Crippen LogP contribution is -2.56. The minimum absolute atomic E-state index is 0.0581. The molecule has 1 aromatic heterocycles. The van der Waals surface area contributed by atoms with E-state index in [2.05, 4.69) is 18.4 Å². The van der Waals surface area contributed by atoms with E-state index in [1.807, 2.05) is 75.4 Å². The molecule has 0 spiro atoms. The molecule has 4 amide bonds. The molecule has 2 aliphatic rings. The Morgan fingerprint density at radius 2 is 1.38 bits per heavy atom. The number of urea groups is 2. The highest BCUT2D eigenvalue weighted by Gasteiger charge is 2.37. The van der Waals surface area contributed by atoms with Crippen LogP contribution >= 0.6 is 11.3 Å². The molecule has 176 valence electrons. The van der Waals surface area contributed by atoms with Crippen LogP contribution in [0.2, 0.25) is 0 Å². The number of piperazine rings is 1. The van der Waals surface area contributed by atoms with Gasteiger partial charge in [-0.25, -0.2) is 9.59 Å². The maximum atomic E-state index is 13.6. The number of amides is 4. The molecular weight excluding hydrogens is 444 g/mol. The number of carbonyl (C=O) groups is 2. The van der Waals surface area contributed by atoms with Crippen LogP contribution in [0.25, 0.3) is 0 Å². The summed E-state index contributed by atoms with van der Waals surface area (Å²) < 4.78 is 0. The molecule has 2 aromatic carbocycles. The van der Waals surface area contributed by atoms with Crippen LogP contribution in [0.3, 0.4) is 0 Å². The molecule has 0 unspecified atom stereocenters. The maximum Gasteiger partial charge on any atom is 0.329 e. The minimum atomic E-state index is -0.0581. The first-order valence-corrected chi connectivity index (χ1v) is 12.8. The number of thiophene rings is 1. The van der Waals surface area contributed by atoms with Gasteiger partial charge in [0.25, 0.3) is 0 Å². The van der Waals surface area contributed by atoms with Crippen LogP contribution in [0.15, 0.2) is 72.1 Å². The number of benzene rings is 2. The molecule has 0 bridgehead atoms. The third-order valence-electron chi connectivity index (χ3n) is 6.41. The highest BCUT2D eigenvalue weighted by Crippen LogP contribution is 2.31. The molecule has 0 N–H and O–H groups in total. The number of rotatable bonds is 5. The van der Waals surface area contributed by atoms with E-state index in [9.17, 15) is 9.59 Å². The standard InChI is InChI=1S/C27H30N4O2S/c1-21-18-22(20-34-21)19-30(23-12-13-23)26(32)28-14-16-29(17-15-28)27(33)31(24-8-4-2-5-9-24)25-10-6-3-7-11-25/h2-11,18,20,23H,12-17,19H2,1H3. The van der Waals surface area contributed by atoms with E-state index >= 15 is 0 Å². The van der Waals surface area contributed by atoms with Crippen LogP contribution in [0, 0.1) is 6.92 Å². The van der Waals surface area contributed by atoms with Crippen molar-refractivity contribution in [3.05, 3.63) is 82.6 Å². The van der Waals surface area contributed by atoms with Gasteiger partial charge in [-0.15, -0.1) is 11.3 Å². The normalized spacial score (nSPS) is 15.8. The quantitative estimate of drug-likeness (QED) is 0.475. The van der Waals surface area contributed by atoms with Crippen LogP contribution in [0.5, 0.6) is 0 Å². The number of anilines is 2. The van der Waals surface area contributed by atoms with Gasteiger partial charge in [0, 0.05) is 43.6 Å². The van der Waals surface area contributed by atoms with Crippen molar-refractivity contribution < 1.29 is 9.59 Å². The average Bonchev–Trinajstić information content (AvgIpc) is 3.64. The lowest BCUT2D eigenvalue weighted by molar-refractivity contribution is 0.117. The fourth-order valence-electron chi connectivity index (χ4n) is 4.45. The Balaban J connectivity index is 1.26. The molecule has 0 radical (unpaired) electrons. The Kier molecular flexibility index (Phi) is 6.54. The number of carbonyl (C=O) groups excluding carboxylic acids is 2. The van der Waals surface area contributed by atoms with Gasteiger partial charge >= 0.3 is 12.1 Å². The van der Waals surface area contributed by atoms with Crippen LogP contribution < -0.4 is 4.90 Å².